The van der Waals surface area contributed by atoms with Crippen molar-refractivity contribution in [3.8, 4) is 0 Å². The Morgan fingerprint density at radius 1 is 0.833 bits per heavy atom. The van der Waals surface area contributed by atoms with Crippen LogP contribution in [0.5, 0.6) is 0 Å². The van der Waals surface area contributed by atoms with Crippen LogP contribution < -0.4 is 5.32 Å². The summed E-state index contributed by atoms with van der Waals surface area (Å²) in [6, 6.07) is 1.60. The van der Waals surface area contributed by atoms with Gasteiger partial charge in [0.15, 0.2) is 0 Å². The Kier molecular flexibility index (Phi) is 9.65. The van der Waals surface area contributed by atoms with Gasteiger partial charge in [-0.15, -0.1) is 0 Å². The van der Waals surface area contributed by atoms with Crippen LogP contribution in [0.4, 0.5) is 0 Å². The molecule has 0 saturated carbocycles. The van der Waals surface area contributed by atoms with Crippen molar-refractivity contribution in [1.82, 2.24) is 5.32 Å². The first-order valence-electron chi connectivity index (χ1n) is 8.59. The fourth-order valence-electron chi connectivity index (χ4n) is 3.17. The van der Waals surface area contributed by atoms with Gasteiger partial charge in [-0.25, -0.2) is 0 Å². The topological polar surface area (TPSA) is 12.0 Å². The van der Waals surface area contributed by atoms with E-state index in [-0.39, 0.29) is 0 Å². The van der Waals surface area contributed by atoms with Crippen LogP contribution in [-0.4, -0.2) is 12.1 Å². The highest BCUT2D eigenvalue weighted by Gasteiger charge is 2.16. The molecule has 18 heavy (non-hydrogen) atoms. The fraction of sp³-hybridized carbons (Fsp3) is 1.00. The van der Waals surface area contributed by atoms with Crippen molar-refractivity contribution in [2.24, 2.45) is 0 Å². The van der Waals surface area contributed by atoms with E-state index in [1.165, 1.54) is 83.5 Å². The van der Waals surface area contributed by atoms with Gasteiger partial charge in [-0.3, -0.25) is 0 Å². The molecule has 1 N–H and O–H groups in total. The highest BCUT2D eigenvalue weighted by Crippen LogP contribution is 2.18. The zero-order valence-electron chi connectivity index (χ0n) is 12.8. The molecule has 0 bridgehead atoms. The number of rotatable bonds is 10. The van der Waals surface area contributed by atoms with Crippen molar-refractivity contribution in [3.05, 3.63) is 0 Å². The molecule has 1 heteroatoms. The lowest BCUT2D eigenvalue weighted by molar-refractivity contribution is 0.314. The van der Waals surface area contributed by atoms with Crippen molar-refractivity contribution >= 4 is 0 Å². The van der Waals surface area contributed by atoms with E-state index in [2.05, 4.69) is 19.2 Å². The predicted octanol–water partition coefficient (Wildman–Crippen LogP) is 5.44. The second kappa shape index (κ2) is 10.8. The molecule has 108 valence electrons. The van der Waals surface area contributed by atoms with Gasteiger partial charge in [-0.1, -0.05) is 71.1 Å². The summed E-state index contributed by atoms with van der Waals surface area (Å²) in [5.41, 5.74) is 0. The van der Waals surface area contributed by atoms with Crippen molar-refractivity contribution in [1.29, 1.82) is 0 Å². The van der Waals surface area contributed by atoms with Gasteiger partial charge in [-0.05, 0) is 26.2 Å². The molecular weight excluding hydrogens is 218 g/mol. The third kappa shape index (κ3) is 8.13. The largest absolute Gasteiger partial charge is 0.312 e. The average Bonchev–Trinajstić information content (AvgIpc) is 2.37. The van der Waals surface area contributed by atoms with Gasteiger partial charge in [0.2, 0.25) is 0 Å². The van der Waals surface area contributed by atoms with Gasteiger partial charge >= 0.3 is 0 Å². The molecule has 0 amide bonds. The minimum absolute atomic E-state index is 0.766. The Morgan fingerprint density at radius 3 is 2.06 bits per heavy atom. The third-order valence-corrected chi connectivity index (χ3v) is 4.37. The molecule has 0 aromatic heterocycles. The second-order valence-corrected chi connectivity index (χ2v) is 6.31. The van der Waals surface area contributed by atoms with Gasteiger partial charge < -0.3 is 5.32 Å². The molecule has 1 aliphatic heterocycles. The van der Waals surface area contributed by atoms with Crippen LogP contribution >= 0.6 is 0 Å². The number of nitrogens with one attached hydrogen (secondary N) is 1. The van der Waals surface area contributed by atoms with Gasteiger partial charge in [0, 0.05) is 12.1 Å². The standard InChI is InChI=1S/C17H35N/c1-3-4-5-6-7-8-9-10-11-14-17-15-12-13-16(2)18-17/h16-18H,3-15H2,1-2H3/t16-,17+/m1/s1. The van der Waals surface area contributed by atoms with Crippen LogP contribution in [0.15, 0.2) is 0 Å². The first kappa shape index (κ1) is 16.0. The summed E-state index contributed by atoms with van der Waals surface area (Å²) in [6.07, 6.45) is 18.7. The van der Waals surface area contributed by atoms with Crippen LogP contribution in [0.1, 0.15) is 97.3 Å². The molecule has 1 nitrogen and oxygen atoms in total. The molecule has 1 saturated heterocycles. The Balaban J connectivity index is 1.80. The van der Waals surface area contributed by atoms with Gasteiger partial charge in [0.1, 0.15) is 0 Å². The van der Waals surface area contributed by atoms with Crippen molar-refractivity contribution in [3.63, 3.8) is 0 Å². The van der Waals surface area contributed by atoms with Crippen molar-refractivity contribution < 1.29 is 0 Å². The number of hydrogen-bond acceptors (Lipinski definition) is 1. The summed E-state index contributed by atoms with van der Waals surface area (Å²) in [5.74, 6) is 0. The summed E-state index contributed by atoms with van der Waals surface area (Å²) < 4.78 is 0. The van der Waals surface area contributed by atoms with Gasteiger partial charge in [0.05, 0.1) is 0 Å². The first-order chi connectivity index (χ1) is 8.83. The Morgan fingerprint density at radius 2 is 1.44 bits per heavy atom. The maximum absolute atomic E-state index is 3.74. The van der Waals surface area contributed by atoms with E-state index in [0.717, 1.165) is 12.1 Å². The highest BCUT2D eigenvalue weighted by atomic mass is 15.0. The molecule has 0 spiro atoms. The Hall–Kier alpha value is -0.0400. The molecule has 0 aliphatic carbocycles. The van der Waals surface area contributed by atoms with E-state index in [4.69, 9.17) is 0 Å². The zero-order valence-corrected chi connectivity index (χ0v) is 12.8. The molecule has 2 atom stereocenters. The van der Waals surface area contributed by atoms with Crippen LogP contribution in [0.2, 0.25) is 0 Å². The van der Waals surface area contributed by atoms with Crippen LogP contribution in [0, 0.1) is 0 Å². The summed E-state index contributed by atoms with van der Waals surface area (Å²) in [5, 5.41) is 3.74. The van der Waals surface area contributed by atoms with Crippen LogP contribution in [0.25, 0.3) is 0 Å². The minimum atomic E-state index is 0.766. The highest BCUT2D eigenvalue weighted by molar-refractivity contribution is 4.77. The third-order valence-electron chi connectivity index (χ3n) is 4.37. The maximum Gasteiger partial charge on any atom is 0.00695 e. The van der Waals surface area contributed by atoms with Gasteiger partial charge in [0.25, 0.3) is 0 Å². The SMILES string of the molecule is CCCCCCCCCCC[C@H]1CCC[C@@H](C)N1. The molecule has 0 aromatic carbocycles. The van der Waals surface area contributed by atoms with Crippen LogP contribution in [-0.2, 0) is 0 Å². The molecule has 1 aliphatic rings. The lowest BCUT2D eigenvalue weighted by atomic mass is 9.95. The van der Waals surface area contributed by atoms with Crippen molar-refractivity contribution in [2.75, 3.05) is 0 Å². The molecular formula is C17H35N. The quantitative estimate of drug-likeness (QED) is 0.511. The first-order valence-corrected chi connectivity index (χ1v) is 8.59. The Labute approximate surface area is 115 Å². The molecule has 1 heterocycles. The number of piperidine rings is 1. The number of hydrogen-bond donors (Lipinski definition) is 1. The predicted molar refractivity (Wildman–Crippen MR) is 82.1 cm³/mol. The normalized spacial score (nSPS) is 24.3. The molecule has 1 rings (SSSR count). The summed E-state index contributed by atoms with van der Waals surface area (Å²) in [7, 11) is 0. The van der Waals surface area contributed by atoms with Crippen LogP contribution in [0.3, 0.4) is 0 Å². The Bertz CT molecular complexity index is 178. The molecule has 0 unspecified atom stereocenters. The van der Waals surface area contributed by atoms with E-state index in [1.807, 2.05) is 0 Å². The smallest absolute Gasteiger partial charge is 0.00695 e. The van der Waals surface area contributed by atoms with E-state index in [9.17, 15) is 0 Å². The number of unbranched alkanes of at least 4 members (excludes halogenated alkanes) is 8. The monoisotopic (exact) mass is 253 g/mol. The summed E-state index contributed by atoms with van der Waals surface area (Å²) in [6.45, 7) is 4.63. The van der Waals surface area contributed by atoms with Gasteiger partial charge in [-0.2, -0.15) is 0 Å². The lowest BCUT2D eigenvalue weighted by Gasteiger charge is -2.28. The van der Waals surface area contributed by atoms with E-state index < -0.39 is 0 Å². The molecule has 1 fully saturated rings. The van der Waals surface area contributed by atoms with Crippen molar-refractivity contribution in [2.45, 2.75) is 109 Å². The maximum atomic E-state index is 3.74. The summed E-state index contributed by atoms with van der Waals surface area (Å²) in [4.78, 5) is 0. The summed E-state index contributed by atoms with van der Waals surface area (Å²) >= 11 is 0. The second-order valence-electron chi connectivity index (χ2n) is 6.31. The van der Waals surface area contributed by atoms with E-state index in [1.54, 1.807) is 0 Å². The zero-order chi connectivity index (χ0) is 13.1. The minimum Gasteiger partial charge on any atom is -0.312 e. The molecule has 0 aromatic rings. The average molecular weight is 253 g/mol. The van der Waals surface area contributed by atoms with E-state index in [0.29, 0.717) is 0 Å². The molecule has 0 radical (unpaired) electrons. The van der Waals surface area contributed by atoms with E-state index >= 15 is 0 Å². The fourth-order valence-corrected chi connectivity index (χ4v) is 3.17. The lowest BCUT2D eigenvalue weighted by Crippen LogP contribution is -2.40.